The van der Waals surface area contributed by atoms with E-state index in [2.05, 4.69) is 53.0 Å². The number of rotatable bonds is 9. The Balaban J connectivity index is 1.57. The van der Waals surface area contributed by atoms with Gasteiger partial charge in [0.25, 0.3) is 5.91 Å². The number of aliphatic imine (C=N–C) groups is 1. The lowest BCUT2D eigenvalue weighted by Crippen LogP contribution is -2.44. The van der Waals surface area contributed by atoms with Gasteiger partial charge < -0.3 is 19.0 Å². The predicted octanol–water partition coefficient (Wildman–Crippen LogP) is 8.58. The van der Waals surface area contributed by atoms with Gasteiger partial charge in [-0.05, 0) is 93.6 Å². The lowest BCUT2D eigenvalue weighted by Gasteiger charge is -2.38. The zero-order valence-electron chi connectivity index (χ0n) is 31.2. The molecule has 3 amide bonds. The molecule has 0 aliphatic carbocycles. The topological polar surface area (TPSA) is 101 Å². The maximum absolute atomic E-state index is 13.7. The molecule has 2 heterocycles. The number of nitrogens with one attached hydrogen (secondary N) is 1. The number of amides is 3. The zero-order chi connectivity index (χ0) is 36.1. The molecule has 1 N–H and O–H groups in total. The van der Waals surface area contributed by atoms with Gasteiger partial charge in [0.05, 0.1) is 11.8 Å². The first-order valence-corrected chi connectivity index (χ1v) is 20.6. The van der Waals surface area contributed by atoms with Crippen LogP contribution in [0.1, 0.15) is 97.0 Å². The average Bonchev–Trinajstić information content (AvgIpc) is 3.38. The number of benzene rings is 2. The van der Waals surface area contributed by atoms with Crippen LogP contribution in [0, 0.1) is 0 Å². The van der Waals surface area contributed by atoms with E-state index >= 15 is 0 Å². The summed E-state index contributed by atoms with van der Waals surface area (Å²) in [5.74, 6) is 0.301. The lowest BCUT2D eigenvalue weighted by atomic mass is 9.99. The minimum absolute atomic E-state index is 0.0137. The molecule has 49 heavy (non-hydrogen) atoms. The molecule has 1 fully saturated rings. The molecule has 266 valence electrons. The highest BCUT2D eigenvalue weighted by molar-refractivity contribution is 6.74. The molecular weight excluding hydrogens is 633 g/mol. The molecule has 2 aromatic carbocycles. The van der Waals surface area contributed by atoms with Gasteiger partial charge in [-0.25, -0.2) is 9.79 Å². The zero-order valence-corrected chi connectivity index (χ0v) is 32.2. The van der Waals surface area contributed by atoms with Gasteiger partial charge in [-0.2, -0.15) is 0 Å². The number of hydrogen-bond donors (Lipinski definition) is 1. The Labute approximate surface area is 294 Å². The van der Waals surface area contributed by atoms with Gasteiger partial charge in [0.1, 0.15) is 11.4 Å². The van der Waals surface area contributed by atoms with Crippen LogP contribution in [0.25, 0.3) is 17.2 Å². The fourth-order valence-corrected chi connectivity index (χ4v) is 7.20. The molecule has 0 saturated carbocycles. The van der Waals surface area contributed by atoms with Crippen LogP contribution in [0.3, 0.4) is 0 Å². The number of ether oxygens (including phenoxy) is 1. The molecule has 0 bridgehead atoms. The third-order valence-corrected chi connectivity index (χ3v) is 13.9. The normalized spacial score (nSPS) is 16.7. The number of carbonyl (C=O) groups excluding carboxylic acids is 3. The van der Waals surface area contributed by atoms with E-state index in [1.54, 1.807) is 20.8 Å². The maximum Gasteiger partial charge on any atom is 0.413 e. The fourth-order valence-electron chi connectivity index (χ4n) is 5.83. The van der Waals surface area contributed by atoms with Crippen LogP contribution >= 0.6 is 0 Å². The first-order valence-electron chi connectivity index (χ1n) is 17.7. The van der Waals surface area contributed by atoms with Crippen molar-refractivity contribution in [2.45, 2.75) is 111 Å². The Kier molecular flexibility index (Phi) is 12.0. The number of nitrogens with zero attached hydrogens (tertiary/aromatic N) is 3. The van der Waals surface area contributed by atoms with Gasteiger partial charge in [0, 0.05) is 49.3 Å². The summed E-state index contributed by atoms with van der Waals surface area (Å²) in [6.07, 6.45) is 4.06. The highest BCUT2D eigenvalue weighted by Crippen LogP contribution is 2.38. The summed E-state index contributed by atoms with van der Waals surface area (Å²) >= 11 is 0. The number of hydrogen-bond acceptors (Lipinski definition) is 6. The second kappa shape index (κ2) is 15.4. The first kappa shape index (κ1) is 38.0. The molecule has 0 spiro atoms. The molecule has 0 unspecified atom stereocenters. The van der Waals surface area contributed by atoms with Gasteiger partial charge in [0.15, 0.2) is 8.32 Å². The van der Waals surface area contributed by atoms with Crippen LogP contribution in [0.2, 0.25) is 18.1 Å². The number of alkyl carbamates (subject to hydrolysis) is 1. The molecule has 1 saturated heterocycles. The molecule has 2 aliphatic heterocycles. The number of amidine groups is 1. The summed E-state index contributed by atoms with van der Waals surface area (Å²) < 4.78 is 12.1. The second-order valence-corrected chi connectivity index (χ2v) is 20.5. The minimum Gasteiger partial charge on any atom is -0.444 e. The summed E-state index contributed by atoms with van der Waals surface area (Å²) in [4.78, 5) is 48.5. The summed E-state index contributed by atoms with van der Waals surface area (Å²) in [6, 6.07) is 13.5. The van der Waals surface area contributed by atoms with E-state index in [1.165, 1.54) is 0 Å². The third kappa shape index (κ3) is 9.91. The van der Waals surface area contributed by atoms with E-state index in [0.717, 1.165) is 36.0 Å². The molecule has 2 aromatic rings. The van der Waals surface area contributed by atoms with Crippen molar-refractivity contribution in [1.29, 1.82) is 0 Å². The molecule has 4 rings (SSSR count). The van der Waals surface area contributed by atoms with Gasteiger partial charge in [0.2, 0.25) is 5.91 Å². The molecule has 10 heteroatoms. The van der Waals surface area contributed by atoms with Crippen LogP contribution in [0.4, 0.5) is 10.5 Å². The van der Waals surface area contributed by atoms with Gasteiger partial charge in [-0.15, -0.1) is 0 Å². The average molecular weight is 689 g/mol. The highest BCUT2D eigenvalue weighted by Gasteiger charge is 2.41. The molecule has 1 atom stereocenters. The predicted molar refractivity (Wildman–Crippen MR) is 201 cm³/mol. The molecular formula is C39H56N4O5Si. The van der Waals surface area contributed by atoms with E-state index < -0.39 is 20.0 Å². The van der Waals surface area contributed by atoms with Crippen molar-refractivity contribution in [2.75, 3.05) is 26.2 Å². The van der Waals surface area contributed by atoms with Gasteiger partial charge >= 0.3 is 6.09 Å². The Morgan fingerprint density at radius 1 is 0.959 bits per heavy atom. The van der Waals surface area contributed by atoms with Crippen molar-refractivity contribution < 1.29 is 23.5 Å². The first-order chi connectivity index (χ1) is 22.9. The molecule has 0 aromatic heterocycles. The van der Waals surface area contributed by atoms with Crippen LogP contribution in [0.15, 0.2) is 53.0 Å². The van der Waals surface area contributed by atoms with Crippen molar-refractivity contribution >= 4 is 43.8 Å². The van der Waals surface area contributed by atoms with Gasteiger partial charge in [-0.1, -0.05) is 58.9 Å². The van der Waals surface area contributed by atoms with Crippen molar-refractivity contribution in [2.24, 2.45) is 4.99 Å². The summed E-state index contributed by atoms with van der Waals surface area (Å²) in [7, 11) is -1.91. The Morgan fingerprint density at radius 2 is 1.59 bits per heavy atom. The standard InChI is InChI=1S/C39H56N4O5Si/c1-11-20-42(21-12-2)36(45)31-23-30-18-17-29(24-33(30)40-34(25-31)41-37(46)47-38(3,4)5)27-13-15-28(16-14-27)35(44)43-22-19-32(26-43)48-49(9,10)39(6,7)8/h13-18,23-24,32H,11-12,19-22,25-26H2,1-10H3,(H,40,41,46)/t32-/m1/s1. The quantitative estimate of drug-likeness (QED) is 0.266. The Hall–Kier alpha value is -3.76. The van der Waals surface area contributed by atoms with Crippen molar-refractivity contribution in [1.82, 2.24) is 15.1 Å². The Bertz CT molecular complexity index is 1580. The summed E-state index contributed by atoms with van der Waals surface area (Å²) in [6.45, 7) is 23.4. The Morgan fingerprint density at radius 3 is 2.18 bits per heavy atom. The fraction of sp³-hybridized carbons (Fsp3) is 0.538. The van der Waals surface area contributed by atoms with Crippen molar-refractivity contribution in [3.63, 3.8) is 0 Å². The van der Waals surface area contributed by atoms with E-state index in [-0.39, 0.29) is 29.4 Å². The SMILES string of the molecule is CCCN(CCC)C(=O)C1=Cc2ccc(-c3ccc(C(=O)N4CC[C@@H](O[Si](C)(C)C(C)(C)C)C4)cc3)cc2N=C(NC(=O)OC(C)(C)C)C1. The number of fused-ring (bicyclic) bond motifs is 1. The largest absolute Gasteiger partial charge is 0.444 e. The highest BCUT2D eigenvalue weighted by atomic mass is 28.4. The van der Waals surface area contributed by atoms with E-state index in [0.29, 0.717) is 48.8 Å². The van der Waals surface area contributed by atoms with Crippen molar-refractivity contribution in [3.8, 4) is 11.1 Å². The van der Waals surface area contributed by atoms with Crippen LogP contribution < -0.4 is 5.32 Å². The smallest absolute Gasteiger partial charge is 0.413 e. The van der Waals surface area contributed by atoms with Crippen LogP contribution in [-0.4, -0.2) is 79.7 Å². The van der Waals surface area contributed by atoms with Gasteiger partial charge in [-0.3, -0.25) is 14.9 Å². The minimum atomic E-state index is -1.91. The maximum atomic E-state index is 13.7. The number of carbonyl (C=O) groups is 3. The van der Waals surface area contributed by atoms with Crippen molar-refractivity contribution in [3.05, 3.63) is 59.2 Å². The van der Waals surface area contributed by atoms with Crippen LogP contribution in [-0.2, 0) is 14.0 Å². The monoisotopic (exact) mass is 688 g/mol. The molecule has 2 aliphatic rings. The lowest BCUT2D eigenvalue weighted by molar-refractivity contribution is -0.127. The van der Waals surface area contributed by atoms with E-state index in [1.807, 2.05) is 58.3 Å². The van der Waals surface area contributed by atoms with E-state index in [9.17, 15) is 14.4 Å². The molecule has 9 nitrogen and oxygen atoms in total. The molecule has 0 radical (unpaired) electrons. The van der Waals surface area contributed by atoms with Crippen LogP contribution in [0.5, 0.6) is 0 Å². The summed E-state index contributed by atoms with van der Waals surface area (Å²) in [5, 5.41) is 2.92. The third-order valence-electron chi connectivity index (χ3n) is 9.33. The number of likely N-dealkylation sites (tertiary alicyclic amines) is 1. The van der Waals surface area contributed by atoms with E-state index in [4.69, 9.17) is 14.2 Å². The second-order valence-electron chi connectivity index (χ2n) is 15.7. The summed E-state index contributed by atoms with van der Waals surface area (Å²) in [5.41, 5.74) is 3.77.